The summed E-state index contributed by atoms with van der Waals surface area (Å²) in [5.74, 6) is -0.387. The maximum absolute atomic E-state index is 12.7. The molecule has 2 aromatic carbocycles. The Bertz CT molecular complexity index is 902. The second-order valence-electron chi connectivity index (χ2n) is 7.33. The van der Waals surface area contributed by atoms with Crippen LogP contribution < -0.4 is 10.6 Å². The van der Waals surface area contributed by atoms with Gasteiger partial charge in [0.1, 0.15) is 0 Å². The maximum Gasteiger partial charge on any atom is 0.256 e. The third kappa shape index (κ3) is 5.13. The Morgan fingerprint density at radius 1 is 0.964 bits per heavy atom. The molecule has 1 fully saturated rings. The summed E-state index contributed by atoms with van der Waals surface area (Å²) in [7, 11) is -3.47. The van der Waals surface area contributed by atoms with E-state index in [9.17, 15) is 13.2 Å². The highest BCUT2D eigenvalue weighted by Gasteiger charge is 2.21. The minimum absolute atomic E-state index is 0.0266. The van der Waals surface area contributed by atoms with Gasteiger partial charge in [0.15, 0.2) is 9.84 Å². The van der Waals surface area contributed by atoms with Crippen LogP contribution in [0.3, 0.4) is 0 Å². The number of rotatable bonds is 7. The molecule has 1 saturated carbocycles. The Balaban J connectivity index is 1.70. The van der Waals surface area contributed by atoms with E-state index in [-0.39, 0.29) is 16.2 Å². The second kappa shape index (κ2) is 9.24. The summed E-state index contributed by atoms with van der Waals surface area (Å²) in [6.45, 7) is 1.81. The van der Waals surface area contributed by atoms with Gasteiger partial charge in [0.2, 0.25) is 0 Å². The van der Waals surface area contributed by atoms with Crippen LogP contribution in [-0.2, 0) is 9.84 Å². The van der Waals surface area contributed by atoms with Crippen LogP contribution in [0.4, 0.5) is 11.4 Å². The zero-order chi connectivity index (χ0) is 20.0. The molecule has 0 aliphatic heterocycles. The van der Waals surface area contributed by atoms with Crippen LogP contribution in [0.2, 0.25) is 0 Å². The highest BCUT2D eigenvalue weighted by atomic mass is 32.2. The van der Waals surface area contributed by atoms with Crippen LogP contribution in [0, 0.1) is 0 Å². The molecule has 2 aromatic rings. The zero-order valence-electron chi connectivity index (χ0n) is 16.3. The average Bonchev–Trinajstić information content (AvgIpc) is 2.70. The van der Waals surface area contributed by atoms with E-state index in [1.54, 1.807) is 18.2 Å². The van der Waals surface area contributed by atoms with Crippen molar-refractivity contribution in [1.82, 2.24) is 0 Å². The summed E-state index contributed by atoms with van der Waals surface area (Å²) in [4.78, 5) is 12.8. The monoisotopic (exact) mass is 400 g/mol. The molecule has 1 aliphatic rings. The van der Waals surface area contributed by atoms with E-state index in [0.717, 1.165) is 5.69 Å². The van der Waals surface area contributed by atoms with E-state index >= 15 is 0 Å². The van der Waals surface area contributed by atoms with Gasteiger partial charge in [-0.2, -0.15) is 0 Å². The van der Waals surface area contributed by atoms with Crippen LogP contribution in [-0.4, -0.2) is 26.1 Å². The van der Waals surface area contributed by atoms with Crippen LogP contribution in [0.15, 0.2) is 53.4 Å². The number of sulfone groups is 1. The number of carbonyl (C=O) groups is 1. The largest absolute Gasteiger partial charge is 0.382 e. The van der Waals surface area contributed by atoms with Crippen molar-refractivity contribution >= 4 is 27.1 Å². The van der Waals surface area contributed by atoms with Crippen molar-refractivity contribution in [2.45, 2.75) is 56.4 Å². The van der Waals surface area contributed by atoms with E-state index in [4.69, 9.17) is 0 Å². The fourth-order valence-corrected chi connectivity index (χ4v) is 5.17. The van der Waals surface area contributed by atoms with Crippen LogP contribution >= 0.6 is 0 Å². The Hall–Kier alpha value is -2.34. The first-order chi connectivity index (χ1) is 13.5. The predicted octanol–water partition coefficient (Wildman–Crippen LogP) is 4.87. The van der Waals surface area contributed by atoms with Gasteiger partial charge in [-0.15, -0.1) is 0 Å². The Labute approximate surface area is 167 Å². The van der Waals surface area contributed by atoms with Gasteiger partial charge in [-0.25, -0.2) is 8.42 Å². The number of hydrogen-bond donors (Lipinski definition) is 2. The van der Waals surface area contributed by atoms with Crippen LogP contribution in [0.5, 0.6) is 0 Å². The molecule has 1 aliphatic carbocycles. The molecule has 0 saturated heterocycles. The first-order valence-corrected chi connectivity index (χ1v) is 11.6. The first kappa shape index (κ1) is 20.4. The van der Waals surface area contributed by atoms with Crippen molar-refractivity contribution < 1.29 is 13.2 Å². The van der Waals surface area contributed by atoms with Crippen molar-refractivity contribution in [3.8, 4) is 0 Å². The molecular weight excluding hydrogens is 372 g/mol. The number of anilines is 2. The van der Waals surface area contributed by atoms with Gasteiger partial charge in [-0.05, 0) is 55.7 Å². The van der Waals surface area contributed by atoms with Gasteiger partial charge in [0, 0.05) is 17.4 Å². The van der Waals surface area contributed by atoms with Crippen molar-refractivity contribution in [2.24, 2.45) is 0 Å². The standard InChI is InChI=1S/C22H28N2O3S/c1-2-16-28(26,27)21-11-7-6-10-20(21)22(25)24-19-14-12-18(13-15-19)23-17-8-4-3-5-9-17/h6-7,10-15,17,23H,2-5,8-9,16H2,1H3,(H,24,25). The molecule has 0 aromatic heterocycles. The fourth-order valence-electron chi connectivity index (χ4n) is 3.63. The quantitative estimate of drug-likeness (QED) is 0.695. The molecule has 0 spiro atoms. The van der Waals surface area contributed by atoms with Gasteiger partial charge in [-0.1, -0.05) is 38.3 Å². The summed E-state index contributed by atoms with van der Waals surface area (Å²) in [6, 6.07) is 14.5. The summed E-state index contributed by atoms with van der Waals surface area (Å²) < 4.78 is 24.9. The normalized spacial score (nSPS) is 15.2. The highest BCUT2D eigenvalue weighted by molar-refractivity contribution is 7.91. The van der Waals surface area contributed by atoms with Gasteiger partial charge in [-0.3, -0.25) is 4.79 Å². The zero-order valence-corrected chi connectivity index (χ0v) is 17.1. The molecule has 3 rings (SSSR count). The second-order valence-corrected chi connectivity index (χ2v) is 9.40. The molecule has 0 unspecified atom stereocenters. The number of amides is 1. The average molecular weight is 401 g/mol. The molecule has 6 heteroatoms. The lowest BCUT2D eigenvalue weighted by Gasteiger charge is -2.23. The van der Waals surface area contributed by atoms with Crippen molar-refractivity contribution in [3.63, 3.8) is 0 Å². The van der Waals surface area contributed by atoms with Crippen LogP contribution in [0.1, 0.15) is 55.8 Å². The van der Waals surface area contributed by atoms with E-state index in [1.807, 2.05) is 31.2 Å². The molecule has 2 N–H and O–H groups in total. The molecule has 0 atom stereocenters. The van der Waals surface area contributed by atoms with Crippen molar-refractivity contribution in [1.29, 1.82) is 0 Å². The van der Waals surface area contributed by atoms with Gasteiger partial charge in [0.25, 0.3) is 5.91 Å². The number of hydrogen-bond acceptors (Lipinski definition) is 4. The molecule has 0 bridgehead atoms. The molecular formula is C22H28N2O3S. The van der Waals surface area contributed by atoms with Crippen molar-refractivity contribution in [2.75, 3.05) is 16.4 Å². The summed E-state index contributed by atoms with van der Waals surface area (Å²) in [5.41, 5.74) is 1.86. The lowest BCUT2D eigenvalue weighted by Crippen LogP contribution is -2.22. The van der Waals surface area contributed by atoms with Crippen molar-refractivity contribution in [3.05, 3.63) is 54.1 Å². The maximum atomic E-state index is 12.7. The van der Waals surface area contributed by atoms with E-state index < -0.39 is 15.7 Å². The topological polar surface area (TPSA) is 75.3 Å². The molecule has 150 valence electrons. The first-order valence-electron chi connectivity index (χ1n) is 9.99. The summed E-state index contributed by atoms with van der Waals surface area (Å²) >= 11 is 0. The third-order valence-corrected chi connectivity index (χ3v) is 7.03. The highest BCUT2D eigenvalue weighted by Crippen LogP contribution is 2.23. The summed E-state index contributed by atoms with van der Waals surface area (Å²) in [5, 5.41) is 6.36. The molecule has 1 amide bonds. The smallest absolute Gasteiger partial charge is 0.256 e. The van der Waals surface area contributed by atoms with Crippen LogP contribution in [0.25, 0.3) is 0 Å². The van der Waals surface area contributed by atoms with Gasteiger partial charge >= 0.3 is 0 Å². The lowest BCUT2D eigenvalue weighted by atomic mass is 9.95. The van der Waals surface area contributed by atoms with Gasteiger partial charge < -0.3 is 10.6 Å². The predicted molar refractivity (Wildman–Crippen MR) is 114 cm³/mol. The minimum atomic E-state index is -3.47. The SMILES string of the molecule is CCCS(=O)(=O)c1ccccc1C(=O)Nc1ccc(NC2CCCCC2)cc1. The Kier molecular flexibility index (Phi) is 6.73. The van der Waals surface area contributed by atoms with E-state index in [2.05, 4.69) is 10.6 Å². The molecule has 28 heavy (non-hydrogen) atoms. The molecule has 0 radical (unpaired) electrons. The number of nitrogens with one attached hydrogen (secondary N) is 2. The lowest BCUT2D eigenvalue weighted by molar-refractivity contribution is 0.102. The molecule has 5 nitrogen and oxygen atoms in total. The number of carbonyl (C=O) groups excluding carboxylic acids is 1. The van der Waals surface area contributed by atoms with Gasteiger partial charge in [0.05, 0.1) is 16.2 Å². The molecule has 0 heterocycles. The van der Waals surface area contributed by atoms with E-state index in [0.29, 0.717) is 18.2 Å². The Morgan fingerprint density at radius 2 is 1.61 bits per heavy atom. The third-order valence-electron chi connectivity index (χ3n) is 5.06. The van der Waals surface area contributed by atoms with E-state index in [1.165, 1.54) is 38.2 Å². The summed E-state index contributed by atoms with van der Waals surface area (Å²) in [6.07, 6.45) is 6.76. The number of benzene rings is 2. The fraction of sp³-hybridized carbons (Fsp3) is 0.409. The minimum Gasteiger partial charge on any atom is -0.382 e. The Morgan fingerprint density at radius 3 is 2.29 bits per heavy atom.